The molecule has 0 aromatic rings. The van der Waals surface area contributed by atoms with Gasteiger partial charge in [0.25, 0.3) is 0 Å². The van der Waals surface area contributed by atoms with Crippen LogP contribution >= 0.6 is 0 Å². The van der Waals surface area contributed by atoms with Crippen LogP contribution in [0.1, 0.15) is 6.92 Å². The summed E-state index contributed by atoms with van der Waals surface area (Å²) in [6.45, 7) is 0.430. The van der Waals surface area contributed by atoms with Gasteiger partial charge in [-0.15, -0.1) is 0 Å². The second-order valence-corrected chi connectivity index (χ2v) is 11.4. The third-order valence-electron chi connectivity index (χ3n) is 8.34. The number of aliphatic hydroxyl groups excluding tert-OH is 10. The Labute approximate surface area is 264 Å². The highest BCUT2D eigenvalue weighted by Gasteiger charge is 2.57. The zero-order valence-electron chi connectivity index (χ0n) is 24.7. The summed E-state index contributed by atoms with van der Waals surface area (Å²) in [6.07, 6.45) is -38.3. The van der Waals surface area contributed by atoms with Gasteiger partial charge in [0.1, 0.15) is 79.4 Å². The molecule has 22 heteroatoms. The van der Waals surface area contributed by atoms with E-state index in [9.17, 15) is 70.9 Å². The number of hydrogen-bond donors (Lipinski definition) is 12. The molecule has 0 aromatic heterocycles. The van der Waals surface area contributed by atoms with Crippen LogP contribution in [0, 0.1) is 0 Å². The lowest BCUT2D eigenvalue weighted by atomic mass is 9.95. The quantitative estimate of drug-likeness (QED) is 0.101. The van der Waals surface area contributed by atoms with E-state index in [1.807, 2.05) is 0 Å². The van der Waals surface area contributed by atoms with E-state index in [0.717, 1.165) is 0 Å². The van der Waals surface area contributed by atoms with Crippen molar-refractivity contribution in [3.05, 3.63) is 0 Å². The fourth-order valence-corrected chi connectivity index (χ4v) is 5.68. The summed E-state index contributed by atoms with van der Waals surface area (Å²) < 4.78 is 43.1. The molecular formula is C25H40O22. The van der Waals surface area contributed by atoms with Gasteiger partial charge < -0.3 is 99.2 Å². The third kappa shape index (κ3) is 7.54. The lowest BCUT2D eigenvalue weighted by molar-refractivity contribution is -0.398. The summed E-state index contributed by atoms with van der Waals surface area (Å²) in [5, 5.41) is 123. The SMILES string of the molecule is CO[C@@H]1[C@@H](O)[C@H](C)OC(O[C@H]2[C@H](O)[C@H](O[C@@H]3O[C@H](C(=O)O)[C@@H](O)[C@H](O)[C@H]3O)[C@@H](O[C@H]3[C@H](O)[C@@H](O)[C@H](O)O[C@@H]3C(=O)O)O[C@@H]2CO)[C@@H]1O. The first-order valence-electron chi connectivity index (χ1n) is 14.3. The van der Waals surface area contributed by atoms with Crippen molar-refractivity contribution < 1.29 is 109 Å². The maximum absolute atomic E-state index is 11.9. The monoisotopic (exact) mass is 692 g/mol. The summed E-state index contributed by atoms with van der Waals surface area (Å²) in [7, 11) is 1.18. The van der Waals surface area contributed by atoms with Crippen LogP contribution in [0.4, 0.5) is 0 Å². The van der Waals surface area contributed by atoms with Gasteiger partial charge in [0.05, 0.1) is 12.7 Å². The van der Waals surface area contributed by atoms with Crippen LogP contribution in [0.3, 0.4) is 0 Å². The largest absolute Gasteiger partial charge is 0.479 e. The van der Waals surface area contributed by atoms with Crippen molar-refractivity contribution in [2.45, 2.75) is 130 Å². The van der Waals surface area contributed by atoms with Crippen molar-refractivity contribution >= 4 is 11.9 Å². The third-order valence-corrected chi connectivity index (χ3v) is 8.34. The first kappa shape index (κ1) is 38.0. The van der Waals surface area contributed by atoms with E-state index in [0.29, 0.717) is 0 Å². The van der Waals surface area contributed by atoms with Crippen LogP contribution in [0.2, 0.25) is 0 Å². The van der Waals surface area contributed by atoms with Gasteiger partial charge >= 0.3 is 11.9 Å². The molecule has 47 heavy (non-hydrogen) atoms. The van der Waals surface area contributed by atoms with Crippen LogP contribution in [-0.2, 0) is 47.5 Å². The molecule has 0 aromatic carbocycles. The molecule has 4 aliphatic rings. The van der Waals surface area contributed by atoms with E-state index in [2.05, 4.69) is 0 Å². The van der Waals surface area contributed by atoms with Gasteiger partial charge in [0.15, 0.2) is 37.4 Å². The highest BCUT2D eigenvalue weighted by atomic mass is 16.8. The van der Waals surface area contributed by atoms with Crippen LogP contribution in [-0.4, -0.2) is 210 Å². The highest BCUT2D eigenvalue weighted by Crippen LogP contribution is 2.35. The number of carboxylic acids is 2. The van der Waals surface area contributed by atoms with Gasteiger partial charge in [-0.1, -0.05) is 0 Å². The zero-order chi connectivity index (χ0) is 35.1. The van der Waals surface area contributed by atoms with Crippen LogP contribution in [0.25, 0.3) is 0 Å². The minimum Gasteiger partial charge on any atom is -0.479 e. The summed E-state index contributed by atoms with van der Waals surface area (Å²) in [4.78, 5) is 23.5. The summed E-state index contributed by atoms with van der Waals surface area (Å²) in [5.41, 5.74) is 0. The molecule has 0 spiro atoms. The molecule has 4 heterocycles. The molecule has 4 saturated heterocycles. The first-order valence-corrected chi connectivity index (χ1v) is 14.3. The summed E-state index contributed by atoms with van der Waals surface area (Å²) in [5.74, 6) is -3.59. The fourth-order valence-electron chi connectivity index (χ4n) is 5.68. The topological polar surface area (TPSA) is 351 Å². The zero-order valence-corrected chi connectivity index (χ0v) is 24.7. The molecule has 4 rings (SSSR count). The number of carbonyl (C=O) groups is 2. The Balaban J connectivity index is 1.68. The minimum atomic E-state index is -2.19. The number of ether oxygens (including phenoxy) is 8. The molecule has 22 nitrogen and oxygen atoms in total. The number of aliphatic hydroxyl groups is 10. The number of methoxy groups -OCH3 is 1. The molecule has 20 atom stereocenters. The Morgan fingerprint density at radius 3 is 1.70 bits per heavy atom. The highest BCUT2D eigenvalue weighted by molar-refractivity contribution is 5.73. The molecule has 0 amide bonds. The van der Waals surface area contributed by atoms with Gasteiger partial charge in [-0.2, -0.15) is 0 Å². The molecule has 4 fully saturated rings. The van der Waals surface area contributed by atoms with Crippen molar-refractivity contribution in [3.63, 3.8) is 0 Å². The van der Waals surface area contributed by atoms with Gasteiger partial charge in [-0.25, -0.2) is 9.59 Å². The second-order valence-electron chi connectivity index (χ2n) is 11.4. The Morgan fingerprint density at radius 2 is 1.13 bits per heavy atom. The number of hydrogen-bond acceptors (Lipinski definition) is 20. The van der Waals surface area contributed by atoms with E-state index in [1.54, 1.807) is 0 Å². The molecule has 272 valence electrons. The molecule has 0 saturated carbocycles. The minimum absolute atomic E-state index is 0.981. The Hall–Kier alpha value is -1.78. The van der Waals surface area contributed by atoms with Crippen LogP contribution in [0.5, 0.6) is 0 Å². The van der Waals surface area contributed by atoms with Crippen LogP contribution < -0.4 is 0 Å². The smallest absolute Gasteiger partial charge is 0.335 e. The molecule has 12 N–H and O–H groups in total. The number of rotatable bonds is 10. The van der Waals surface area contributed by atoms with Crippen LogP contribution in [0.15, 0.2) is 0 Å². The first-order chi connectivity index (χ1) is 22.0. The van der Waals surface area contributed by atoms with E-state index < -0.39 is 141 Å². The molecule has 0 bridgehead atoms. The maximum atomic E-state index is 11.9. The van der Waals surface area contributed by atoms with Crippen molar-refractivity contribution in [2.75, 3.05) is 13.7 Å². The maximum Gasteiger partial charge on any atom is 0.335 e. The van der Waals surface area contributed by atoms with Gasteiger partial charge in [-0.05, 0) is 6.92 Å². The van der Waals surface area contributed by atoms with E-state index in [-0.39, 0.29) is 0 Å². The molecule has 1 unspecified atom stereocenters. The summed E-state index contributed by atoms with van der Waals surface area (Å²) in [6, 6.07) is 0. The standard InChI is InChI=1S/C25H40O22/c1-4-6(27)15(40-2)13(34)24(41-4)44-14-5(3-26)42-25(45-16-9(30)10(31)22(39)43-19(16)21(37)38)18(12(14)33)47-23-11(32)7(28)8(29)17(46-23)20(35)36/h4-19,22-34,39H,3H2,1-2H3,(H,35,36)(H,37,38)/t4-,5+,6-,7-,8-,9+,10+,11+,12-,13+,14+,15+,16-,17-,18-,19-,22+,23-,24?,25+/m0/s1. The molecule has 4 aliphatic heterocycles. The van der Waals surface area contributed by atoms with Gasteiger partial charge in [0.2, 0.25) is 0 Å². The average Bonchev–Trinajstić information content (AvgIpc) is 3.02. The van der Waals surface area contributed by atoms with Crippen molar-refractivity contribution in [1.82, 2.24) is 0 Å². The Morgan fingerprint density at radius 1 is 0.553 bits per heavy atom. The number of carboxylic acid groups (broad SMARTS) is 2. The Bertz CT molecular complexity index is 1070. The van der Waals surface area contributed by atoms with Gasteiger partial charge in [-0.3, -0.25) is 0 Å². The van der Waals surface area contributed by atoms with E-state index in [1.165, 1.54) is 14.0 Å². The normalized spacial score (nSPS) is 51.0. The fraction of sp³-hybridized carbons (Fsp3) is 0.920. The lowest BCUT2D eigenvalue weighted by Crippen LogP contribution is -2.68. The predicted molar refractivity (Wildman–Crippen MR) is 138 cm³/mol. The molecule has 0 aliphatic carbocycles. The van der Waals surface area contributed by atoms with E-state index in [4.69, 9.17) is 37.9 Å². The predicted octanol–water partition coefficient (Wildman–Crippen LogP) is -7.88. The Kier molecular flexibility index (Phi) is 12.5. The number of aliphatic carboxylic acids is 2. The van der Waals surface area contributed by atoms with E-state index >= 15 is 0 Å². The summed E-state index contributed by atoms with van der Waals surface area (Å²) >= 11 is 0. The van der Waals surface area contributed by atoms with Crippen molar-refractivity contribution in [3.8, 4) is 0 Å². The molecule has 0 radical (unpaired) electrons. The lowest BCUT2D eigenvalue weighted by Gasteiger charge is -2.49. The second kappa shape index (κ2) is 15.4. The van der Waals surface area contributed by atoms with Gasteiger partial charge in [0, 0.05) is 7.11 Å². The van der Waals surface area contributed by atoms with Crippen molar-refractivity contribution in [1.29, 1.82) is 0 Å². The van der Waals surface area contributed by atoms with Crippen molar-refractivity contribution in [2.24, 2.45) is 0 Å². The average molecular weight is 693 g/mol. The molecular weight excluding hydrogens is 652 g/mol.